The van der Waals surface area contributed by atoms with Crippen LogP contribution in [-0.4, -0.2) is 6.04 Å². The highest BCUT2D eigenvalue weighted by Crippen LogP contribution is 2.28. The lowest BCUT2D eigenvalue weighted by atomic mass is 9.82. The molecule has 0 spiro atoms. The van der Waals surface area contributed by atoms with E-state index in [0.29, 0.717) is 6.04 Å². The van der Waals surface area contributed by atoms with Crippen molar-refractivity contribution in [3.05, 3.63) is 0 Å². The van der Waals surface area contributed by atoms with Gasteiger partial charge >= 0.3 is 0 Å². The van der Waals surface area contributed by atoms with E-state index in [-0.39, 0.29) is 0 Å². The SMILES string of the molecule is CCCCCCC(NN)C1CCCCC1. The second kappa shape index (κ2) is 8.12. The molecule has 0 aliphatic heterocycles. The Morgan fingerprint density at radius 2 is 1.87 bits per heavy atom. The van der Waals surface area contributed by atoms with Gasteiger partial charge in [-0.05, 0) is 25.2 Å². The summed E-state index contributed by atoms with van der Waals surface area (Å²) in [6.07, 6.45) is 13.7. The topological polar surface area (TPSA) is 38.0 Å². The summed E-state index contributed by atoms with van der Waals surface area (Å²) in [7, 11) is 0. The fraction of sp³-hybridized carbons (Fsp3) is 1.00. The summed E-state index contributed by atoms with van der Waals surface area (Å²) in [6, 6.07) is 0.585. The summed E-state index contributed by atoms with van der Waals surface area (Å²) in [6.45, 7) is 2.26. The van der Waals surface area contributed by atoms with E-state index in [2.05, 4.69) is 12.3 Å². The van der Waals surface area contributed by atoms with Gasteiger partial charge in [-0.3, -0.25) is 11.3 Å². The smallest absolute Gasteiger partial charge is 0.0238 e. The molecule has 1 unspecified atom stereocenters. The van der Waals surface area contributed by atoms with Gasteiger partial charge in [0.05, 0.1) is 0 Å². The van der Waals surface area contributed by atoms with Crippen molar-refractivity contribution in [2.75, 3.05) is 0 Å². The summed E-state index contributed by atoms with van der Waals surface area (Å²) < 4.78 is 0. The fourth-order valence-corrected chi connectivity index (χ4v) is 2.78. The Bertz CT molecular complexity index is 141. The van der Waals surface area contributed by atoms with Crippen molar-refractivity contribution in [1.29, 1.82) is 0 Å². The van der Waals surface area contributed by atoms with Gasteiger partial charge in [0, 0.05) is 6.04 Å². The van der Waals surface area contributed by atoms with Gasteiger partial charge in [0.2, 0.25) is 0 Å². The molecule has 0 aromatic heterocycles. The molecule has 1 aliphatic rings. The second-order valence-electron chi connectivity index (χ2n) is 5.02. The van der Waals surface area contributed by atoms with E-state index in [1.807, 2.05) is 0 Å². The van der Waals surface area contributed by atoms with Crippen LogP contribution in [0.4, 0.5) is 0 Å². The first-order chi connectivity index (χ1) is 7.38. The molecule has 2 heteroatoms. The summed E-state index contributed by atoms with van der Waals surface area (Å²) in [4.78, 5) is 0. The van der Waals surface area contributed by atoms with E-state index in [1.54, 1.807) is 0 Å². The van der Waals surface area contributed by atoms with E-state index in [0.717, 1.165) is 5.92 Å². The Balaban J connectivity index is 2.15. The predicted molar refractivity (Wildman–Crippen MR) is 66.4 cm³/mol. The van der Waals surface area contributed by atoms with Crippen LogP contribution in [0.15, 0.2) is 0 Å². The van der Waals surface area contributed by atoms with Gasteiger partial charge in [0.1, 0.15) is 0 Å². The molecule has 0 aromatic rings. The van der Waals surface area contributed by atoms with Gasteiger partial charge in [-0.2, -0.15) is 0 Å². The molecule has 90 valence electrons. The third kappa shape index (κ3) is 4.98. The van der Waals surface area contributed by atoms with Gasteiger partial charge < -0.3 is 0 Å². The molecule has 15 heavy (non-hydrogen) atoms. The van der Waals surface area contributed by atoms with Crippen molar-refractivity contribution in [3.63, 3.8) is 0 Å². The zero-order chi connectivity index (χ0) is 10.9. The number of hydrogen-bond donors (Lipinski definition) is 2. The quantitative estimate of drug-likeness (QED) is 0.386. The highest BCUT2D eigenvalue weighted by Gasteiger charge is 2.21. The first-order valence-corrected chi connectivity index (χ1v) is 6.84. The van der Waals surface area contributed by atoms with Gasteiger partial charge in [-0.1, -0.05) is 51.9 Å². The van der Waals surface area contributed by atoms with Crippen LogP contribution in [0, 0.1) is 5.92 Å². The number of unbranched alkanes of at least 4 members (excludes halogenated alkanes) is 3. The van der Waals surface area contributed by atoms with Crippen LogP contribution in [0.25, 0.3) is 0 Å². The molecule has 0 radical (unpaired) electrons. The zero-order valence-electron chi connectivity index (χ0n) is 10.3. The molecular formula is C13H28N2. The Hall–Kier alpha value is -0.0800. The van der Waals surface area contributed by atoms with Gasteiger partial charge in [-0.15, -0.1) is 0 Å². The average Bonchev–Trinajstić information content (AvgIpc) is 2.30. The average molecular weight is 212 g/mol. The van der Waals surface area contributed by atoms with Crippen LogP contribution < -0.4 is 11.3 Å². The molecule has 0 bridgehead atoms. The summed E-state index contributed by atoms with van der Waals surface area (Å²) >= 11 is 0. The van der Waals surface area contributed by atoms with Crippen molar-refractivity contribution in [3.8, 4) is 0 Å². The molecule has 0 heterocycles. The highest BCUT2D eigenvalue weighted by molar-refractivity contribution is 4.77. The molecule has 1 saturated carbocycles. The van der Waals surface area contributed by atoms with Crippen LogP contribution in [-0.2, 0) is 0 Å². The number of hydrazine groups is 1. The molecular weight excluding hydrogens is 184 g/mol. The van der Waals surface area contributed by atoms with Gasteiger partial charge in [0.25, 0.3) is 0 Å². The van der Waals surface area contributed by atoms with Crippen LogP contribution in [0.1, 0.15) is 71.1 Å². The molecule has 0 saturated heterocycles. The Morgan fingerprint density at radius 3 is 2.47 bits per heavy atom. The van der Waals surface area contributed by atoms with Gasteiger partial charge in [0.15, 0.2) is 0 Å². The van der Waals surface area contributed by atoms with E-state index < -0.39 is 0 Å². The molecule has 1 aliphatic carbocycles. The molecule has 1 atom stereocenters. The number of nitrogens with one attached hydrogen (secondary N) is 1. The van der Waals surface area contributed by atoms with Crippen molar-refractivity contribution in [1.82, 2.24) is 5.43 Å². The third-order valence-corrected chi connectivity index (χ3v) is 3.80. The lowest BCUT2D eigenvalue weighted by Crippen LogP contribution is -2.41. The van der Waals surface area contributed by atoms with E-state index in [1.165, 1.54) is 64.2 Å². The maximum Gasteiger partial charge on any atom is 0.0238 e. The predicted octanol–water partition coefficient (Wildman–Crippen LogP) is 3.37. The Labute approximate surface area is 95.0 Å². The summed E-state index contributed by atoms with van der Waals surface area (Å²) in [5.74, 6) is 6.52. The molecule has 0 aromatic carbocycles. The molecule has 0 amide bonds. The maximum atomic E-state index is 5.67. The second-order valence-corrected chi connectivity index (χ2v) is 5.02. The minimum Gasteiger partial charge on any atom is -0.271 e. The largest absolute Gasteiger partial charge is 0.271 e. The fourth-order valence-electron chi connectivity index (χ4n) is 2.78. The van der Waals surface area contributed by atoms with E-state index in [9.17, 15) is 0 Å². The normalized spacial score (nSPS) is 20.4. The summed E-state index contributed by atoms with van der Waals surface area (Å²) in [5, 5.41) is 0. The molecule has 2 nitrogen and oxygen atoms in total. The first-order valence-electron chi connectivity index (χ1n) is 6.84. The molecule has 1 rings (SSSR count). The minimum atomic E-state index is 0.585. The minimum absolute atomic E-state index is 0.585. The Kier molecular flexibility index (Phi) is 7.03. The number of hydrogen-bond acceptors (Lipinski definition) is 2. The lowest BCUT2D eigenvalue weighted by Gasteiger charge is -2.29. The maximum absolute atomic E-state index is 5.67. The zero-order valence-corrected chi connectivity index (χ0v) is 10.3. The first kappa shape index (κ1) is 13.0. The van der Waals surface area contributed by atoms with Crippen LogP contribution in [0.3, 0.4) is 0 Å². The third-order valence-electron chi connectivity index (χ3n) is 3.80. The van der Waals surface area contributed by atoms with E-state index >= 15 is 0 Å². The van der Waals surface area contributed by atoms with Gasteiger partial charge in [-0.25, -0.2) is 0 Å². The van der Waals surface area contributed by atoms with Crippen molar-refractivity contribution in [2.24, 2.45) is 11.8 Å². The van der Waals surface area contributed by atoms with Crippen molar-refractivity contribution >= 4 is 0 Å². The van der Waals surface area contributed by atoms with Crippen LogP contribution in [0.5, 0.6) is 0 Å². The number of nitrogens with two attached hydrogens (primary N) is 1. The van der Waals surface area contributed by atoms with E-state index in [4.69, 9.17) is 5.84 Å². The standard InChI is InChI=1S/C13H28N2/c1-2-3-4-8-11-13(15-14)12-9-6-5-7-10-12/h12-13,15H,2-11,14H2,1H3. The van der Waals surface area contributed by atoms with Crippen LogP contribution >= 0.6 is 0 Å². The number of rotatable bonds is 7. The monoisotopic (exact) mass is 212 g/mol. The Morgan fingerprint density at radius 1 is 1.13 bits per heavy atom. The molecule has 3 N–H and O–H groups in total. The van der Waals surface area contributed by atoms with Crippen molar-refractivity contribution in [2.45, 2.75) is 77.2 Å². The highest BCUT2D eigenvalue weighted by atomic mass is 15.2. The van der Waals surface area contributed by atoms with Crippen LogP contribution in [0.2, 0.25) is 0 Å². The molecule has 1 fully saturated rings. The summed E-state index contributed by atoms with van der Waals surface area (Å²) in [5.41, 5.74) is 3.05. The lowest BCUT2D eigenvalue weighted by molar-refractivity contribution is 0.255. The van der Waals surface area contributed by atoms with Crippen molar-refractivity contribution < 1.29 is 0 Å².